The number of hydrogen-bond donors (Lipinski definition) is 3. The molecule has 1 fully saturated rings. The molecule has 4 N–H and O–H groups in total. The van der Waals surface area contributed by atoms with Gasteiger partial charge in [-0.3, -0.25) is 9.69 Å². The van der Waals surface area contributed by atoms with Crippen molar-refractivity contribution in [2.24, 2.45) is 0 Å². The highest BCUT2D eigenvalue weighted by Crippen LogP contribution is 2.35. The van der Waals surface area contributed by atoms with Crippen molar-refractivity contribution < 1.29 is 22.4 Å². The summed E-state index contributed by atoms with van der Waals surface area (Å²) >= 11 is 0. The second-order valence-corrected chi connectivity index (χ2v) is 10.5. The lowest BCUT2D eigenvalue weighted by Crippen LogP contribution is -2.44. The maximum atomic E-state index is 14.0. The zero-order valence-corrected chi connectivity index (χ0v) is 23.1. The summed E-state index contributed by atoms with van der Waals surface area (Å²) in [6.45, 7) is 4.97. The molecule has 0 bridgehead atoms. The molecule has 3 heterocycles. The first kappa shape index (κ1) is 29.1. The number of pyridine rings is 1. The molecule has 1 amide bonds. The van der Waals surface area contributed by atoms with Crippen molar-refractivity contribution in [1.82, 2.24) is 20.1 Å². The van der Waals surface area contributed by atoms with Crippen molar-refractivity contribution in [2.75, 3.05) is 44.3 Å². The quantitative estimate of drug-likeness (QED) is 0.312. The first-order chi connectivity index (χ1) is 20.0. The number of rotatable bonds is 4. The Bertz CT molecular complexity index is 1640. The van der Waals surface area contributed by atoms with Crippen molar-refractivity contribution >= 4 is 28.2 Å². The van der Waals surface area contributed by atoms with E-state index in [2.05, 4.69) is 32.4 Å². The lowest BCUT2D eigenvalue weighted by Gasteiger charge is -2.33. The third kappa shape index (κ3) is 6.56. The Morgan fingerprint density at radius 3 is 2.64 bits per heavy atom. The summed E-state index contributed by atoms with van der Waals surface area (Å²) in [5.74, 6) is 5.06. The van der Waals surface area contributed by atoms with Crippen LogP contribution in [0, 0.1) is 17.7 Å². The fourth-order valence-electron chi connectivity index (χ4n) is 4.89. The van der Waals surface area contributed by atoms with Crippen LogP contribution in [-0.4, -0.2) is 60.0 Å². The molecule has 42 heavy (non-hydrogen) atoms. The second kappa shape index (κ2) is 11.8. The van der Waals surface area contributed by atoms with Crippen LogP contribution in [0.2, 0.25) is 0 Å². The van der Waals surface area contributed by atoms with Crippen LogP contribution in [-0.2, 0) is 17.5 Å². The van der Waals surface area contributed by atoms with Gasteiger partial charge in [-0.2, -0.15) is 13.2 Å². The van der Waals surface area contributed by atoms with Crippen LogP contribution < -0.4 is 16.4 Å². The number of likely N-dealkylation sites (N-methyl/N-ethyl adjacent to an activating group) is 1. The number of anilines is 2. The molecule has 0 aliphatic carbocycles. The van der Waals surface area contributed by atoms with Gasteiger partial charge in [0.2, 0.25) is 0 Å². The number of aromatic nitrogens is 1. The standard InChI is InChI=1S/C31H30F4N6O/c1-19-20(5-8-26-27-14-24(32)6-3-21(27)16-38-29(26)36)13-23(17-37-19)30(42)39-25-7-4-22(28(15-25)31(33,34)35)18-41-11-9-40(2)10-12-41/h3-4,6-7,13-17,19,37H,9-12,18H2,1-2H3,(H2,36,38)(H,39,42). The summed E-state index contributed by atoms with van der Waals surface area (Å²) in [5.41, 5.74) is 6.53. The Morgan fingerprint density at radius 2 is 1.90 bits per heavy atom. The third-order valence-electron chi connectivity index (χ3n) is 7.41. The lowest BCUT2D eigenvalue weighted by atomic mass is 10.0. The molecule has 7 nitrogen and oxygen atoms in total. The van der Waals surface area contributed by atoms with E-state index in [0.717, 1.165) is 19.2 Å². The van der Waals surface area contributed by atoms with Gasteiger partial charge in [0.15, 0.2) is 0 Å². The summed E-state index contributed by atoms with van der Waals surface area (Å²) < 4.78 is 55.9. The minimum Gasteiger partial charge on any atom is -0.383 e. The van der Waals surface area contributed by atoms with Gasteiger partial charge in [0.25, 0.3) is 5.91 Å². The smallest absolute Gasteiger partial charge is 0.383 e. The number of nitrogens with zero attached hydrogens (tertiary/aromatic N) is 3. The number of alkyl halides is 3. The molecule has 0 spiro atoms. The number of nitrogens with two attached hydrogens (primary N) is 1. The van der Waals surface area contributed by atoms with Gasteiger partial charge in [0.05, 0.1) is 22.7 Å². The topological polar surface area (TPSA) is 86.5 Å². The molecule has 0 saturated carbocycles. The average Bonchev–Trinajstić information content (AvgIpc) is 2.94. The van der Waals surface area contributed by atoms with E-state index in [0.29, 0.717) is 35.0 Å². The molecule has 218 valence electrons. The summed E-state index contributed by atoms with van der Waals surface area (Å²) in [6, 6.07) is 7.85. The zero-order valence-electron chi connectivity index (χ0n) is 23.1. The number of benzene rings is 2. The first-order valence-corrected chi connectivity index (χ1v) is 13.4. The lowest BCUT2D eigenvalue weighted by molar-refractivity contribution is -0.138. The SMILES string of the molecule is CC1NC=C(C(=O)Nc2ccc(CN3CCN(C)CC3)c(C(F)(F)F)c2)C=C1C#Cc1c(N)ncc2ccc(F)cc12. The number of fused-ring (bicyclic) bond motifs is 1. The Kier molecular flexibility index (Phi) is 8.20. The summed E-state index contributed by atoms with van der Waals surface area (Å²) in [5, 5.41) is 6.81. The fraction of sp³-hybridized carbons (Fsp3) is 0.290. The van der Waals surface area contributed by atoms with Gasteiger partial charge >= 0.3 is 6.18 Å². The van der Waals surface area contributed by atoms with E-state index in [9.17, 15) is 22.4 Å². The molecular formula is C31H30F4N6O. The number of carbonyl (C=O) groups is 1. The second-order valence-electron chi connectivity index (χ2n) is 10.5. The minimum atomic E-state index is -4.58. The molecule has 2 aliphatic rings. The minimum absolute atomic E-state index is 0.0339. The summed E-state index contributed by atoms with van der Waals surface area (Å²) in [4.78, 5) is 21.3. The molecule has 1 atom stereocenters. The molecule has 1 aromatic heterocycles. The normalized spacial score (nSPS) is 18.0. The Morgan fingerprint density at radius 1 is 1.14 bits per heavy atom. The van der Waals surface area contributed by atoms with E-state index in [1.54, 1.807) is 12.1 Å². The van der Waals surface area contributed by atoms with Gasteiger partial charge in [-0.25, -0.2) is 9.37 Å². The molecule has 3 aromatic rings. The summed E-state index contributed by atoms with van der Waals surface area (Å²) in [6.07, 6.45) is 0.00729. The van der Waals surface area contributed by atoms with Crippen LogP contribution in [0.4, 0.5) is 29.1 Å². The molecule has 11 heteroatoms. The van der Waals surface area contributed by atoms with E-state index in [-0.39, 0.29) is 35.2 Å². The van der Waals surface area contributed by atoms with Gasteiger partial charge in [0.1, 0.15) is 11.6 Å². The highest BCUT2D eigenvalue weighted by atomic mass is 19.4. The van der Waals surface area contributed by atoms with E-state index >= 15 is 0 Å². The van der Waals surface area contributed by atoms with Crippen LogP contribution in [0.1, 0.15) is 23.6 Å². The maximum absolute atomic E-state index is 14.0. The van der Waals surface area contributed by atoms with Crippen molar-refractivity contribution in [1.29, 1.82) is 0 Å². The largest absolute Gasteiger partial charge is 0.416 e. The Labute approximate surface area is 241 Å². The van der Waals surface area contributed by atoms with E-state index in [1.165, 1.54) is 36.7 Å². The third-order valence-corrected chi connectivity index (χ3v) is 7.41. The summed E-state index contributed by atoms with van der Waals surface area (Å²) in [7, 11) is 1.99. The van der Waals surface area contributed by atoms with Crippen LogP contribution in [0.25, 0.3) is 10.8 Å². The Balaban J connectivity index is 1.36. The highest BCUT2D eigenvalue weighted by Gasteiger charge is 2.34. The first-order valence-electron chi connectivity index (χ1n) is 13.4. The van der Waals surface area contributed by atoms with Crippen molar-refractivity contribution in [3.63, 3.8) is 0 Å². The molecule has 5 rings (SSSR count). The maximum Gasteiger partial charge on any atom is 0.416 e. The van der Waals surface area contributed by atoms with Crippen LogP contribution in [0.5, 0.6) is 0 Å². The zero-order chi connectivity index (χ0) is 30.0. The number of dihydropyridines is 1. The van der Waals surface area contributed by atoms with Crippen LogP contribution in [0.3, 0.4) is 0 Å². The van der Waals surface area contributed by atoms with Crippen molar-refractivity contribution in [3.8, 4) is 11.8 Å². The number of amides is 1. The van der Waals surface area contributed by atoms with E-state index in [1.807, 2.05) is 18.9 Å². The van der Waals surface area contributed by atoms with Gasteiger partial charge in [-0.1, -0.05) is 17.9 Å². The number of nitrogens with one attached hydrogen (secondary N) is 2. The van der Waals surface area contributed by atoms with Gasteiger partial charge in [0, 0.05) is 67.2 Å². The molecular weight excluding hydrogens is 548 g/mol. The Hall–Kier alpha value is -4.40. The number of piperazine rings is 1. The van der Waals surface area contributed by atoms with E-state index in [4.69, 9.17) is 5.73 Å². The van der Waals surface area contributed by atoms with Crippen LogP contribution in [0.15, 0.2) is 66.0 Å². The number of nitrogen functional groups attached to an aromatic ring is 1. The number of hydrogen-bond acceptors (Lipinski definition) is 6. The van der Waals surface area contributed by atoms with Gasteiger partial charge < -0.3 is 21.3 Å². The molecule has 2 aliphatic heterocycles. The van der Waals surface area contributed by atoms with Crippen LogP contribution >= 0.6 is 0 Å². The van der Waals surface area contributed by atoms with E-state index < -0.39 is 23.5 Å². The molecule has 1 unspecified atom stereocenters. The predicted molar refractivity (Wildman–Crippen MR) is 155 cm³/mol. The fourth-order valence-corrected chi connectivity index (χ4v) is 4.89. The average molecular weight is 579 g/mol. The highest BCUT2D eigenvalue weighted by molar-refractivity contribution is 6.06. The number of halogens is 4. The molecule has 2 aromatic carbocycles. The number of carbonyl (C=O) groups excluding carboxylic acids is 1. The van der Waals surface area contributed by atoms with Gasteiger partial charge in [-0.05, 0) is 55.9 Å². The molecule has 1 saturated heterocycles. The molecule has 0 radical (unpaired) electrons. The predicted octanol–water partition coefficient (Wildman–Crippen LogP) is 4.51. The van der Waals surface area contributed by atoms with Crippen molar-refractivity contribution in [2.45, 2.75) is 25.7 Å². The van der Waals surface area contributed by atoms with Crippen molar-refractivity contribution in [3.05, 3.63) is 88.5 Å². The van der Waals surface area contributed by atoms with Gasteiger partial charge in [-0.15, -0.1) is 0 Å². The monoisotopic (exact) mass is 578 g/mol.